The summed E-state index contributed by atoms with van der Waals surface area (Å²) in [5.74, 6) is 0. The molecule has 15 heavy (non-hydrogen) atoms. The highest BCUT2D eigenvalue weighted by Gasteiger charge is 2.13. The molecule has 0 fully saturated rings. The zero-order valence-electron chi connectivity index (χ0n) is 9.86. The number of nitrogens with zero attached hydrogens (tertiary/aromatic N) is 2. The molecule has 0 radical (unpaired) electrons. The minimum absolute atomic E-state index is 0.666. The maximum atomic E-state index is 8.79. The molecular formula is C12H19N2O+. The van der Waals surface area contributed by atoms with Crippen molar-refractivity contribution in [3.05, 3.63) is 35.4 Å². The van der Waals surface area contributed by atoms with E-state index < -0.39 is 0 Å². The van der Waals surface area contributed by atoms with Crippen LogP contribution in [0.25, 0.3) is 0 Å². The Kier molecular flexibility index (Phi) is 3.48. The van der Waals surface area contributed by atoms with Crippen LogP contribution in [-0.2, 0) is 6.54 Å². The lowest BCUT2D eigenvalue weighted by molar-refractivity contribution is -0.884. The topological polar surface area (TPSA) is 32.6 Å². The number of hydrogen-bond donors (Lipinski definition) is 1. The molecule has 0 aliphatic heterocycles. The highest BCUT2D eigenvalue weighted by atomic mass is 16.4. The van der Waals surface area contributed by atoms with Gasteiger partial charge in [0.1, 0.15) is 6.54 Å². The fraction of sp³-hybridized carbons (Fsp3) is 0.417. The Balaban J connectivity index is 3.07. The molecule has 0 aliphatic rings. The molecule has 0 amide bonds. The SMILES string of the molecule is C/C(=N\O)c1ccccc1C[N+](C)(C)C. The fourth-order valence-corrected chi connectivity index (χ4v) is 1.58. The lowest BCUT2D eigenvalue weighted by Gasteiger charge is -2.25. The molecule has 0 spiro atoms. The van der Waals surface area contributed by atoms with Gasteiger partial charge in [0.25, 0.3) is 0 Å². The van der Waals surface area contributed by atoms with E-state index >= 15 is 0 Å². The zero-order valence-corrected chi connectivity index (χ0v) is 9.86. The van der Waals surface area contributed by atoms with Gasteiger partial charge in [-0.15, -0.1) is 0 Å². The van der Waals surface area contributed by atoms with Crippen LogP contribution in [0.15, 0.2) is 29.4 Å². The van der Waals surface area contributed by atoms with Crippen LogP contribution in [-0.4, -0.2) is 36.5 Å². The van der Waals surface area contributed by atoms with Gasteiger partial charge >= 0.3 is 0 Å². The van der Waals surface area contributed by atoms with E-state index in [9.17, 15) is 0 Å². The normalized spacial score (nSPS) is 12.9. The molecule has 3 nitrogen and oxygen atoms in total. The van der Waals surface area contributed by atoms with E-state index in [4.69, 9.17) is 5.21 Å². The molecule has 0 atom stereocenters. The predicted octanol–water partition coefficient (Wildman–Crippen LogP) is 2.09. The monoisotopic (exact) mass is 207 g/mol. The minimum atomic E-state index is 0.666. The summed E-state index contributed by atoms with van der Waals surface area (Å²) in [6.07, 6.45) is 0. The molecule has 0 heterocycles. The molecule has 0 unspecified atom stereocenters. The molecule has 3 heteroatoms. The molecule has 1 aromatic carbocycles. The average Bonchev–Trinajstić information content (AvgIpc) is 2.15. The van der Waals surface area contributed by atoms with E-state index in [0.29, 0.717) is 5.71 Å². The Hall–Kier alpha value is -1.35. The molecule has 1 aromatic rings. The lowest BCUT2D eigenvalue weighted by Crippen LogP contribution is -2.33. The van der Waals surface area contributed by atoms with Gasteiger partial charge in [0.15, 0.2) is 0 Å². The summed E-state index contributed by atoms with van der Waals surface area (Å²) in [5.41, 5.74) is 2.90. The van der Waals surface area contributed by atoms with Crippen molar-refractivity contribution in [2.45, 2.75) is 13.5 Å². The van der Waals surface area contributed by atoms with Crippen LogP contribution >= 0.6 is 0 Å². The van der Waals surface area contributed by atoms with Crippen molar-refractivity contribution >= 4 is 5.71 Å². The van der Waals surface area contributed by atoms with Gasteiger partial charge in [0, 0.05) is 11.1 Å². The van der Waals surface area contributed by atoms with E-state index in [0.717, 1.165) is 16.6 Å². The summed E-state index contributed by atoms with van der Waals surface area (Å²) in [6.45, 7) is 2.73. The lowest BCUT2D eigenvalue weighted by atomic mass is 10.0. The second-order valence-corrected chi connectivity index (χ2v) is 4.79. The first-order valence-electron chi connectivity index (χ1n) is 5.01. The summed E-state index contributed by atoms with van der Waals surface area (Å²) in [4.78, 5) is 0. The molecule has 0 aliphatic carbocycles. The van der Waals surface area contributed by atoms with Crippen molar-refractivity contribution in [2.75, 3.05) is 21.1 Å². The summed E-state index contributed by atoms with van der Waals surface area (Å²) >= 11 is 0. The summed E-state index contributed by atoms with van der Waals surface area (Å²) in [5, 5.41) is 12.1. The van der Waals surface area contributed by atoms with Crippen molar-refractivity contribution in [1.82, 2.24) is 0 Å². The summed E-state index contributed by atoms with van der Waals surface area (Å²) in [7, 11) is 6.42. The fourth-order valence-electron chi connectivity index (χ4n) is 1.58. The standard InChI is InChI=1S/C12H18N2O/c1-10(13-15)12-8-6-5-7-11(12)9-14(2,3)4/h5-8H,9H2,1-4H3/p+1/b13-10+. The predicted molar refractivity (Wildman–Crippen MR) is 62.2 cm³/mol. The van der Waals surface area contributed by atoms with Crippen molar-refractivity contribution in [2.24, 2.45) is 5.16 Å². The number of benzene rings is 1. The Labute approximate surface area is 91.2 Å². The molecule has 1 rings (SSSR count). The van der Waals surface area contributed by atoms with Gasteiger partial charge in [-0.05, 0) is 6.92 Å². The maximum absolute atomic E-state index is 8.79. The van der Waals surface area contributed by atoms with E-state index in [1.807, 2.05) is 25.1 Å². The molecule has 1 N–H and O–H groups in total. The van der Waals surface area contributed by atoms with E-state index in [2.05, 4.69) is 32.4 Å². The molecule has 82 valence electrons. The number of rotatable bonds is 3. The smallest absolute Gasteiger partial charge is 0.104 e. The first-order chi connectivity index (χ1) is 6.94. The molecular weight excluding hydrogens is 188 g/mol. The van der Waals surface area contributed by atoms with Crippen LogP contribution in [0.3, 0.4) is 0 Å². The van der Waals surface area contributed by atoms with Gasteiger partial charge in [-0.2, -0.15) is 0 Å². The van der Waals surface area contributed by atoms with Gasteiger partial charge in [0.05, 0.1) is 26.9 Å². The van der Waals surface area contributed by atoms with Gasteiger partial charge in [-0.3, -0.25) is 0 Å². The van der Waals surface area contributed by atoms with E-state index in [-0.39, 0.29) is 0 Å². The van der Waals surface area contributed by atoms with Gasteiger partial charge < -0.3 is 9.69 Å². The highest BCUT2D eigenvalue weighted by Crippen LogP contribution is 2.14. The Morgan fingerprint density at radius 3 is 2.40 bits per heavy atom. The average molecular weight is 207 g/mol. The quantitative estimate of drug-likeness (QED) is 0.350. The van der Waals surface area contributed by atoms with Gasteiger partial charge in [0.2, 0.25) is 0 Å². The Morgan fingerprint density at radius 2 is 1.87 bits per heavy atom. The molecule has 0 saturated heterocycles. The van der Waals surface area contributed by atoms with Crippen LogP contribution in [0.1, 0.15) is 18.1 Å². The van der Waals surface area contributed by atoms with Gasteiger partial charge in [-0.1, -0.05) is 29.4 Å². The number of hydrogen-bond acceptors (Lipinski definition) is 2. The van der Waals surface area contributed by atoms with E-state index in [1.54, 1.807) is 0 Å². The number of quaternary nitrogens is 1. The van der Waals surface area contributed by atoms with Crippen molar-refractivity contribution < 1.29 is 9.69 Å². The maximum Gasteiger partial charge on any atom is 0.104 e. The van der Waals surface area contributed by atoms with E-state index in [1.165, 1.54) is 5.56 Å². The van der Waals surface area contributed by atoms with Crippen LogP contribution in [0.2, 0.25) is 0 Å². The second kappa shape index (κ2) is 4.45. The van der Waals surface area contributed by atoms with Crippen LogP contribution in [0.5, 0.6) is 0 Å². The summed E-state index contributed by atoms with van der Waals surface area (Å²) in [6, 6.07) is 8.04. The number of oxime groups is 1. The largest absolute Gasteiger partial charge is 0.411 e. The van der Waals surface area contributed by atoms with Crippen molar-refractivity contribution in [3.63, 3.8) is 0 Å². The molecule has 0 aromatic heterocycles. The van der Waals surface area contributed by atoms with Crippen molar-refractivity contribution in [3.8, 4) is 0 Å². The van der Waals surface area contributed by atoms with Gasteiger partial charge in [-0.25, -0.2) is 0 Å². The van der Waals surface area contributed by atoms with Crippen LogP contribution in [0.4, 0.5) is 0 Å². The summed E-state index contributed by atoms with van der Waals surface area (Å²) < 4.78 is 0.857. The van der Waals surface area contributed by atoms with Crippen LogP contribution < -0.4 is 0 Å². The highest BCUT2D eigenvalue weighted by molar-refractivity contribution is 5.99. The third-order valence-corrected chi connectivity index (χ3v) is 2.20. The Bertz CT molecular complexity index is 364. The van der Waals surface area contributed by atoms with Crippen molar-refractivity contribution in [1.29, 1.82) is 0 Å². The minimum Gasteiger partial charge on any atom is -0.411 e. The first-order valence-corrected chi connectivity index (χ1v) is 5.01. The Morgan fingerprint density at radius 1 is 1.27 bits per heavy atom. The molecule has 0 bridgehead atoms. The first kappa shape index (κ1) is 11.7. The third kappa shape index (κ3) is 3.36. The third-order valence-electron chi connectivity index (χ3n) is 2.20. The van der Waals surface area contributed by atoms with Crippen LogP contribution in [0, 0.1) is 0 Å². The zero-order chi connectivity index (χ0) is 11.5. The molecule has 0 saturated carbocycles. The second-order valence-electron chi connectivity index (χ2n) is 4.79.